The van der Waals surface area contributed by atoms with Gasteiger partial charge in [0.2, 0.25) is 5.88 Å². The summed E-state index contributed by atoms with van der Waals surface area (Å²) in [6, 6.07) is 11.9. The van der Waals surface area contributed by atoms with Crippen molar-refractivity contribution in [3.05, 3.63) is 65.2 Å². The molecule has 196 valence electrons. The molecule has 1 saturated heterocycles. The molecule has 1 aromatic heterocycles. The van der Waals surface area contributed by atoms with E-state index < -0.39 is 16.0 Å². The Hall–Kier alpha value is -3.54. The van der Waals surface area contributed by atoms with E-state index in [1.165, 1.54) is 24.3 Å². The van der Waals surface area contributed by atoms with Crippen LogP contribution >= 0.6 is 0 Å². The summed E-state index contributed by atoms with van der Waals surface area (Å²) in [5.74, 6) is -0.798. The molecular formula is C26H30N4O6S. The average molecular weight is 527 g/mol. The molecular weight excluding hydrogens is 496 g/mol. The lowest BCUT2D eigenvalue weighted by molar-refractivity contribution is 0.0696. The fourth-order valence-electron chi connectivity index (χ4n) is 4.25. The van der Waals surface area contributed by atoms with Gasteiger partial charge in [0.15, 0.2) is 5.82 Å². The molecule has 10 nitrogen and oxygen atoms in total. The Morgan fingerprint density at radius 2 is 1.92 bits per heavy atom. The van der Waals surface area contributed by atoms with Crippen LogP contribution in [-0.2, 0) is 14.8 Å². The summed E-state index contributed by atoms with van der Waals surface area (Å²) in [5, 5.41) is 9.24. The number of nitrogens with one attached hydrogen (secondary N) is 1. The van der Waals surface area contributed by atoms with E-state index in [1.54, 1.807) is 0 Å². The molecule has 2 atom stereocenters. The number of rotatable bonds is 10. The summed E-state index contributed by atoms with van der Waals surface area (Å²) in [7, 11) is -4.15. The van der Waals surface area contributed by atoms with Crippen LogP contribution in [0, 0.1) is 13.8 Å². The lowest BCUT2D eigenvalue weighted by atomic mass is 10.0. The first-order valence-electron chi connectivity index (χ1n) is 11.9. The van der Waals surface area contributed by atoms with Crippen molar-refractivity contribution in [2.45, 2.75) is 50.2 Å². The molecule has 2 aromatic carbocycles. The smallest absolute Gasteiger partial charge is 0.335 e. The second kappa shape index (κ2) is 11.2. The van der Waals surface area contributed by atoms with Gasteiger partial charge >= 0.3 is 5.97 Å². The van der Waals surface area contributed by atoms with Crippen molar-refractivity contribution in [2.24, 2.45) is 5.73 Å². The van der Waals surface area contributed by atoms with E-state index in [0.29, 0.717) is 6.42 Å². The van der Waals surface area contributed by atoms with Crippen molar-refractivity contribution < 1.29 is 27.8 Å². The van der Waals surface area contributed by atoms with Gasteiger partial charge in [-0.2, -0.15) is 4.98 Å². The minimum atomic E-state index is -4.15. The average Bonchev–Trinajstić information content (AvgIpc) is 3.35. The predicted molar refractivity (Wildman–Crippen MR) is 138 cm³/mol. The largest absolute Gasteiger partial charge is 0.478 e. The SMILES string of the molecule is Cc1cccc(C)c1-c1nc(NS(=O)(=O)c2cccc(C(=O)O)c2)cc(OC[C@H](N)CC2CCCO2)n1. The fraction of sp³-hybridized carbons (Fsp3) is 0.346. The highest BCUT2D eigenvalue weighted by Gasteiger charge is 2.22. The van der Waals surface area contributed by atoms with Crippen LogP contribution < -0.4 is 15.2 Å². The Morgan fingerprint density at radius 3 is 2.59 bits per heavy atom. The van der Waals surface area contributed by atoms with Crippen molar-refractivity contribution in [1.29, 1.82) is 0 Å². The minimum Gasteiger partial charge on any atom is -0.478 e. The van der Waals surface area contributed by atoms with Gasteiger partial charge in [0.05, 0.1) is 16.6 Å². The maximum Gasteiger partial charge on any atom is 0.335 e. The molecule has 0 amide bonds. The van der Waals surface area contributed by atoms with E-state index in [4.69, 9.17) is 15.2 Å². The van der Waals surface area contributed by atoms with Gasteiger partial charge in [0.1, 0.15) is 12.4 Å². The molecule has 0 radical (unpaired) electrons. The summed E-state index contributed by atoms with van der Waals surface area (Å²) < 4.78 is 40.1. The van der Waals surface area contributed by atoms with Gasteiger partial charge in [-0.1, -0.05) is 24.3 Å². The van der Waals surface area contributed by atoms with Crippen LogP contribution in [0.5, 0.6) is 5.88 Å². The standard InChI is InChI=1S/C26H30N4O6S/c1-16-6-3-7-17(2)24(16)25-28-22(30-37(33,34)21-10-4-8-18(12-21)26(31)32)14-23(29-25)36-15-19(27)13-20-9-5-11-35-20/h3-4,6-8,10,12,14,19-20H,5,9,11,13,15,27H2,1-2H3,(H,31,32)(H,28,29,30)/t19-,20?/m1/s1. The van der Waals surface area contributed by atoms with E-state index in [0.717, 1.165) is 42.2 Å². The number of aryl methyl sites for hydroxylation is 2. The maximum absolute atomic E-state index is 13.1. The first-order valence-corrected chi connectivity index (χ1v) is 13.4. The molecule has 1 unspecified atom stereocenters. The van der Waals surface area contributed by atoms with Crippen LogP contribution in [-0.4, -0.2) is 54.8 Å². The Kier molecular flexibility index (Phi) is 8.06. The van der Waals surface area contributed by atoms with E-state index in [9.17, 15) is 18.3 Å². The lowest BCUT2D eigenvalue weighted by Gasteiger charge is -2.18. The Morgan fingerprint density at radius 1 is 1.19 bits per heavy atom. The number of anilines is 1. The molecule has 1 aliphatic heterocycles. The Bertz CT molecular complexity index is 1370. The van der Waals surface area contributed by atoms with Crippen LogP contribution in [0.15, 0.2) is 53.4 Å². The highest BCUT2D eigenvalue weighted by atomic mass is 32.2. The van der Waals surface area contributed by atoms with Crippen LogP contribution in [0.3, 0.4) is 0 Å². The van der Waals surface area contributed by atoms with Crippen molar-refractivity contribution in [2.75, 3.05) is 17.9 Å². The fourth-order valence-corrected chi connectivity index (χ4v) is 5.29. The van der Waals surface area contributed by atoms with Gasteiger partial charge in [0.25, 0.3) is 10.0 Å². The second-order valence-electron chi connectivity index (χ2n) is 9.06. The first kappa shape index (κ1) is 26.5. The highest BCUT2D eigenvalue weighted by molar-refractivity contribution is 7.92. The van der Waals surface area contributed by atoms with Crippen molar-refractivity contribution in [3.8, 4) is 17.3 Å². The first-order chi connectivity index (χ1) is 17.6. The number of nitrogens with two attached hydrogens (primary N) is 1. The zero-order chi connectivity index (χ0) is 26.6. The monoisotopic (exact) mass is 526 g/mol. The highest BCUT2D eigenvalue weighted by Crippen LogP contribution is 2.28. The molecule has 1 fully saturated rings. The zero-order valence-electron chi connectivity index (χ0n) is 20.7. The Balaban J connectivity index is 1.64. The third kappa shape index (κ3) is 6.62. The van der Waals surface area contributed by atoms with Gasteiger partial charge in [-0.15, -0.1) is 0 Å². The summed E-state index contributed by atoms with van der Waals surface area (Å²) >= 11 is 0. The zero-order valence-corrected chi connectivity index (χ0v) is 21.5. The second-order valence-corrected chi connectivity index (χ2v) is 10.7. The number of sulfonamides is 1. The number of aromatic carboxylic acids is 1. The third-order valence-corrected chi connectivity index (χ3v) is 7.42. The number of benzene rings is 2. The number of hydrogen-bond acceptors (Lipinski definition) is 8. The van der Waals surface area contributed by atoms with Gasteiger partial charge < -0.3 is 20.3 Å². The number of ether oxygens (including phenoxy) is 2. The number of nitrogens with zero attached hydrogens (tertiary/aromatic N) is 2. The van der Waals surface area contributed by atoms with Crippen molar-refractivity contribution >= 4 is 21.8 Å². The minimum absolute atomic E-state index is 0.0175. The van der Waals surface area contributed by atoms with E-state index in [-0.39, 0.29) is 46.7 Å². The number of hydrogen-bond donors (Lipinski definition) is 3. The normalized spacial score (nSPS) is 16.4. The molecule has 0 spiro atoms. The molecule has 4 N–H and O–H groups in total. The summed E-state index contributed by atoms with van der Waals surface area (Å²) in [5.41, 5.74) is 8.68. The molecule has 4 rings (SSSR count). The molecule has 37 heavy (non-hydrogen) atoms. The summed E-state index contributed by atoms with van der Waals surface area (Å²) in [6.45, 7) is 4.73. The molecule has 3 aromatic rings. The molecule has 0 aliphatic carbocycles. The van der Waals surface area contributed by atoms with E-state index >= 15 is 0 Å². The van der Waals surface area contributed by atoms with E-state index in [1.807, 2.05) is 32.0 Å². The van der Waals surface area contributed by atoms with E-state index in [2.05, 4.69) is 14.7 Å². The predicted octanol–water partition coefficient (Wildman–Crippen LogP) is 3.53. The lowest BCUT2D eigenvalue weighted by Crippen LogP contribution is -2.32. The number of aromatic nitrogens is 2. The topological polar surface area (TPSA) is 154 Å². The number of carboxylic acids is 1. The van der Waals surface area contributed by atoms with Crippen molar-refractivity contribution in [1.82, 2.24) is 9.97 Å². The number of carboxylic acid groups (broad SMARTS) is 1. The molecule has 1 aliphatic rings. The summed E-state index contributed by atoms with van der Waals surface area (Å²) in [4.78, 5) is 20.1. The van der Waals surface area contributed by atoms with Gasteiger partial charge in [-0.05, 0) is 62.4 Å². The quantitative estimate of drug-likeness (QED) is 0.360. The molecule has 0 bridgehead atoms. The van der Waals surface area contributed by atoms with Gasteiger partial charge in [-0.3, -0.25) is 4.72 Å². The van der Waals surface area contributed by atoms with Crippen LogP contribution in [0.4, 0.5) is 5.82 Å². The van der Waals surface area contributed by atoms with Crippen LogP contribution in [0.1, 0.15) is 40.7 Å². The Labute approximate surface area is 215 Å². The van der Waals surface area contributed by atoms with Crippen LogP contribution in [0.25, 0.3) is 11.4 Å². The van der Waals surface area contributed by atoms with Crippen molar-refractivity contribution in [3.63, 3.8) is 0 Å². The summed E-state index contributed by atoms with van der Waals surface area (Å²) in [6.07, 6.45) is 2.74. The van der Waals surface area contributed by atoms with Gasteiger partial charge in [-0.25, -0.2) is 18.2 Å². The van der Waals surface area contributed by atoms with Crippen LogP contribution in [0.2, 0.25) is 0 Å². The maximum atomic E-state index is 13.1. The third-order valence-electron chi connectivity index (χ3n) is 6.07. The molecule has 11 heteroatoms. The van der Waals surface area contributed by atoms with Gasteiger partial charge in [0, 0.05) is 24.3 Å². The molecule has 0 saturated carbocycles. The molecule has 2 heterocycles. The number of carbonyl (C=O) groups is 1.